The summed E-state index contributed by atoms with van der Waals surface area (Å²) in [7, 11) is 0. The van der Waals surface area contributed by atoms with Gasteiger partial charge in [-0.05, 0) is 37.1 Å². The maximum atomic E-state index is 5.50. The van der Waals surface area contributed by atoms with E-state index in [2.05, 4.69) is 20.1 Å². The van der Waals surface area contributed by atoms with Crippen LogP contribution in [-0.4, -0.2) is 13.2 Å². The summed E-state index contributed by atoms with van der Waals surface area (Å²) in [4.78, 5) is 0. The van der Waals surface area contributed by atoms with Gasteiger partial charge in [-0.15, -0.1) is 0 Å². The lowest BCUT2D eigenvalue weighted by molar-refractivity contribution is 0.350. The highest BCUT2D eigenvalue weighted by Gasteiger charge is 2.03. The van der Waals surface area contributed by atoms with E-state index < -0.39 is 0 Å². The first kappa shape index (κ1) is 12.4. The van der Waals surface area contributed by atoms with Gasteiger partial charge < -0.3 is 9.47 Å². The lowest BCUT2D eigenvalue weighted by Gasteiger charge is -2.11. The van der Waals surface area contributed by atoms with Crippen LogP contribution in [0.15, 0.2) is 43.5 Å². The molecular formula is C14H17O2. The van der Waals surface area contributed by atoms with Crippen LogP contribution in [0.4, 0.5) is 0 Å². The molecule has 2 heteroatoms. The molecule has 1 rings (SSSR count). The smallest absolute Gasteiger partial charge is 0.123 e. The average molecular weight is 217 g/mol. The van der Waals surface area contributed by atoms with Crippen LogP contribution < -0.4 is 9.47 Å². The molecule has 0 saturated heterocycles. The van der Waals surface area contributed by atoms with Crippen molar-refractivity contribution in [1.82, 2.24) is 0 Å². The van der Waals surface area contributed by atoms with Crippen LogP contribution in [-0.2, 0) is 6.42 Å². The van der Waals surface area contributed by atoms with E-state index in [1.807, 2.05) is 18.2 Å². The van der Waals surface area contributed by atoms with Crippen LogP contribution in [0.2, 0.25) is 0 Å². The second-order valence-electron chi connectivity index (χ2n) is 3.22. The molecule has 0 N–H and O–H groups in total. The number of hydrogen-bond donors (Lipinski definition) is 0. The minimum atomic E-state index is 0.500. The Morgan fingerprint density at radius 3 is 2.38 bits per heavy atom. The normalized spacial score (nSPS) is 9.56. The van der Waals surface area contributed by atoms with E-state index in [4.69, 9.17) is 9.47 Å². The van der Waals surface area contributed by atoms with Crippen molar-refractivity contribution >= 4 is 0 Å². The van der Waals surface area contributed by atoms with Crippen LogP contribution in [0.25, 0.3) is 0 Å². The Bertz CT molecular complexity index is 356. The van der Waals surface area contributed by atoms with E-state index in [-0.39, 0.29) is 0 Å². The quantitative estimate of drug-likeness (QED) is 0.653. The molecule has 0 heterocycles. The molecule has 0 aliphatic rings. The van der Waals surface area contributed by atoms with Crippen molar-refractivity contribution in [3.05, 3.63) is 56.0 Å². The van der Waals surface area contributed by atoms with Crippen molar-refractivity contribution in [2.75, 3.05) is 13.2 Å². The van der Waals surface area contributed by atoms with Crippen LogP contribution >= 0.6 is 0 Å². The van der Waals surface area contributed by atoms with Crippen LogP contribution in [0.5, 0.6) is 11.5 Å². The van der Waals surface area contributed by atoms with Gasteiger partial charge >= 0.3 is 0 Å². The third-order valence-corrected chi connectivity index (χ3v) is 2.03. The fourth-order valence-electron chi connectivity index (χ4n) is 1.29. The predicted molar refractivity (Wildman–Crippen MR) is 66.9 cm³/mol. The van der Waals surface area contributed by atoms with Gasteiger partial charge in [0.2, 0.25) is 0 Å². The van der Waals surface area contributed by atoms with Crippen molar-refractivity contribution in [2.24, 2.45) is 0 Å². The van der Waals surface area contributed by atoms with E-state index in [0.717, 1.165) is 17.1 Å². The van der Waals surface area contributed by atoms with Gasteiger partial charge in [-0.3, -0.25) is 0 Å². The number of ether oxygens (including phenoxy) is 2. The molecule has 0 aliphatic heterocycles. The Hall–Kier alpha value is -1.70. The highest BCUT2D eigenvalue weighted by atomic mass is 16.5. The average Bonchev–Trinajstić information content (AvgIpc) is 2.34. The van der Waals surface area contributed by atoms with Crippen LogP contribution in [0.3, 0.4) is 0 Å². The predicted octanol–water partition coefficient (Wildman–Crippen LogP) is 3.19. The van der Waals surface area contributed by atoms with Crippen LogP contribution in [0.1, 0.15) is 5.56 Å². The van der Waals surface area contributed by atoms with E-state index in [9.17, 15) is 0 Å². The Morgan fingerprint density at radius 2 is 1.75 bits per heavy atom. The molecule has 85 valence electrons. The lowest BCUT2D eigenvalue weighted by atomic mass is 10.1. The van der Waals surface area contributed by atoms with Crippen molar-refractivity contribution in [2.45, 2.75) is 6.42 Å². The van der Waals surface area contributed by atoms with Gasteiger partial charge in [-0.2, -0.15) is 0 Å². The molecule has 1 aromatic rings. The second kappa shape index (κ2) is 6.72. The zero-order chi connectivity index (χ0) is 11.8. The van der Waals surface area contributed by atoms with E-state index in [1.165, 1.54) is 0 Å². The molecule has 0 unspecified atom stereocenters. The molecule has 0 spiro atoms. The highest BCUT2D eigenvalue weighted by Crippen LogP contribution is 2.24. The molecule has 2 nitrogen and oxygen atoms in total. The molecule has 0 aliphatic carbocycles. The minimum Gasteiger partial charge on any atom is -0.490 e. The number of rotatable bonds is 7. The summed E-state index contributed by atoms with van der Waals surface area (Å²) in [6.07, 6.45) is 4.10. The van der Waals surface area contributed by atoms with E-state index >= 15 is 0 Å². The summed E-state index contributed by atoms with van der Waals surface area (Å²) in [6.45, 7) is 12.1. The summed E-state index contributed by atoms with van der Waals surface area (Å²) >= 11 is 0. The van der Waals surface area contributed by atoms with Crippen LogP contribution in [0, 0.1) is 6.92 Å². The van der Waals surface area contributed by atoms with Gasteiger partial charge in [0.1, 0.15) is 24.7 Å². The Balaban J connectivity index is 2.78. The fraction of sp³-hybridized carbons (Fsp3) is 0.214. The topological polar surface area (TPSA) is 18.5 Å². The summed E-state index contributed by atoms with van der Waals surface area (Å²) in [6, 6.07) is 5.71. The number of benzene rings is 1. The third kappa shape index (κ3) is 3.46. The zero-order valence-electron chi connectivity index (χ0n) is 9.45. The van der Waals surface area contributed by atoms with E-state index in [0.29, 0.717) is 19.6 Å². The van der Waals surface area contributed by atoms with Gasteiger partial charge in [-0.25, -0.2) is 0 Å². The van der Waals surface area contributed by atoms with Gasteiger partial charge in [0.25, 0.3) is 0 Å². The van der Waals surface area contributed by atoms with Crippen molar-refractivity contribution in [1.29, 1.82) is 0 Å². The number of hydrogen-bond acceptors (Lipinski definition) is 2. The molecule has 1 aromatic carbocycles. The molecule has 0 aromatic heterocycles. The summed E-state index contributed by atoms with van der Waals surface area (Å²) in [5, 5.41) is 0. The SMILES string of the molecule is [CH2]Cc1cc(OCC=C)ccc1OCC=C. The lowest BCUT2D eigenvalue weighted by Crippen LogP contribution is -1.99. The molecule has 0 saturated carbocycles. The molecular weight excluding hydrogens is 200 g/mol. The minimum absolute atomic E-state index is 0.500. The fourth-order valence-corrected chi connectivity index (χ4v) is 1.29. The standard InChI is InChI=1S/C14H17O2/c1-4-9-15-13-7-8-14(16-10-5-2)12(6-3)11-13/h4-5,7-8,11H,1-3,6,9-10H2. The summed E-state index contributed by atoms with van der Waals surface area (Å²) < 4.78 is 10.9. The Morgan fingerprint density at radius 1 is 1.06 bits per heavy atom. The summed E-state index contributed by atoms with van der Waals surface area (Å²) in [5.74, 6) is 1.64. The molecule has 1 radical (unpaired) electrons. The first-order chi connectivity index (χ1) is 7.81. The van der Waals surface area contributed by atoms with Crippen molar-refractivity contribution in [3.63, 3.8) is 0 Å². The second-order valence-corrected chi connectivity index (χ2v) is 3.22. The van der Waals surface area contributed by atoms with Gasteiger partial charge in [0.05, 0.1) is 0 Å². The van der Waals surface area contributed by atoms with E-state index in [1.54, 1.807) is 12.2 Å². The molecule has 16 heavy (non-hydrogen) atoms. The van der Waals surface area contributed by atoms with Crippen molar-refractivity contribution < 1.29 is 9.47 Å². The molecule has 0 atom stereocenters. The first-order valence-electron chi connectivity index (χ1n) is 5.21. The zero-order valence-corrected chi connectivity index (χ0v) is 9.45. The Labute approximate surface area is 97.2 Å². The van der Waals surface area contributed by atoms with Gasteiger partial charge in [0.15, 0.2) is 0 Å². The Kier molecular flexibility index (Phi) is 5.20. The molecule has 0 bridgehead atoms. The van der Waals surface area contributed by atoms with Crippen molar-refractivity contribution in [3.8, 4) is 11.5 Å². The van der Waals surface area contributed by atoms with Gasteiger partial charge in [-0.1, -0.05) is 25.3 Å². The maximum Gasteiger partial charge on any atom is 0.123 e. The molecule has 0 amide bonds. The third-order valence-electron chi connectivity index (χ3n) is 2.03. The monoisotopic (exact) mass is 217 g/mol. The first-order valence-corrected chi connectivity index (χ1v) is 5.21. The maximum absolute atomic E-state index is 5.50. The summed E-state index contributed by atoms with van der Waals surface area (Å²) in [5.41, 5.74) is 1.03. The van der Waals surface area contributed by atoms with Gasteiger partial charge in [0, 0.05) is 0 Å². The highest BCUT2D eigenvalue weighted by molar-refractivity contribution is 5.40. The molecule has 0 fully saturated rings. The largest absolute Gasteiger partial charge is 0.490 e.